The van der Waals surface area contributed by atoms with Crippen LogP contribution in [0.3, 0.4) is 0 Å². The molecule has 2 saturated heterocycles. The van der Waals surface area contributed by atoms with Gasteiger partial charge in [0.25, 0.3) is 0 Å². The van der Waals surface area contributed by atoms with Crippen molar-refractivity contribution in [1.29, 1.82) is 0 Å². The number of carbonyl (C=O) groups excluding carboxylic acids is 1. The Balaban J connectivity index is 1.13. The fourth-order valence-electron chi connectivity index (χ4n) is 5.17. The van der Waals surface area contributed by atoms with Gasteiger partial charge < -0.3 is 15.1 Å². The van der Waals surface area contributed by atoms with Crippen molar-refractivity contribution in [3.8, 4) is 0 Å². The summed E-state index contributed by atoms with van der Waals surface area (Å²) in [5.74, 6) is 0.745. The van der Waals surface area contributed by atoms with E-state index in [1.165, 1.54) is 57.3 Å². The van der Waals surface area contributed by atoms with Crippen LogP contribution in [0.5, 0.6) is 0 Å². The highest BCUT2D eigenvalue weighted by Crippen LogP contribution is 2.21. The SMILES string of the molecule is O=C(NC1CCCCC1)N1CCC(CN2CCN(Cc3ccccc3)CC2)CC1. The van der Waals surface area contributed by atoms with Gasteiger partial charge in [0, 0.05) is 58.4 Å². The lowest BCUT2D eigenvalue weighted by Crippen LogP contribution is -2.51. The van der Waals surface area contributed by atoms with Gasteiger partial charge in [0.1, 0.15) is 0 Å². The van der Waals surface area contributed by atoms with Crippen molar-refractivity contribution in [2.45, 2.75) is 57.5 Å². The van der Waals surface area contributed by atoms with E-state index in [1.807, 2.05) is 0 Å². The quantitative estimate of drug-likeness (QED) is 0.824. The molecule has 0 aromatic heterocycles. The third-order valence-corrected chi connectivity index (χ3v) is 7.06. The average molecular weight is 399 g/mol. The van der Waals surface area contributed by atoms with Gasteiger partial charge in [0.2, 0.25) is 0 Å². The van der Waals surface area contributed by atoms with Crippen LogP contribution in [0.1, 0.15) is 50.5 Å². The number of hydrogen-bond donors (Lipinski definition) is 1. The van der Waals surface area contributed by atoms with E-state index in [2.05, 4.69) is 50.3 Å². The third-order valence-electron chi connectivity index (χ3n) is 7.06. The number of benzene rings is 1. The second-order valence-corrected chi connectivity index (χ2v) is 9.28. The van der Waals surface area contributed by atoms with Crippen LogP contribution in [-0.4, -0.2) is 72.6 Å². The molecule has 3 aliphatic rings. The van der Waals surface area contributed by atoms with Gasteiger partial charge in [-0.25, -0.2) is 4.79 Å². The van der Waals surface area contributed by atoms with Gasteiger partial charge in [-0.2, -0.15) is 0 Å². The molecule has 2 amide bonds. The number of urea groups is 1. The van der Waals surface area contributed by atoms with Crippen molar-refractivity contribution in [3.05, 3.63) is 35.9 Å². The maximum absolute atomic E-state index is 12.5. The Hall–Kier alpha value is -1.59. The van der Waals surface area contributed by atoms with Crippen molar-refractivity contribution >= 4 is 6.03 Å². The molecular weight excluding hydrogens is 360 g/mol. The molecule has 0 bridgehead atoms. The summed E-state index contributed by atoms with van der Waals surface area (Å²) in [7, 11) is 0. The molecule has 2 heterocycles. The number of amides is 2. The molecule has 1 aromatic carbocycles. The maximum Gasteiger partial charge on any atom is 0.317 e. The fourth-order valence-corrected chi connectivity index (χ4v) is 5.17. The summed E-state index contributed by atoms with van der Waals surface area (Å²) in [6.07, 6.45) is 8.51. The lowest BCUT2D eigenvalue weighted by molar-refractivity contribution is 0.0954. The highest BCUT2D eigenvalue weighted by molar-refractivity contribution is 5.74. The molecule has 160 valence electrons. The molecule has 1 saturated carbocycles. The topological polar surface area (TPSA) is 38.8 Å². The largest absolute Gasteiger partial charge is 0.335 e. The summed E-state index contributed by atoms with van der Waals surface area (Å²) < 4.78 is 0. The summed E-state index contributed by atoms with van der Waals surface area (Å²) in [6, 6.07) is 11.4. The van der Waals surface area contributed by atoms with Crippen molar-refractivity contribution in [3.63, 3.8) is 0 Å². The number of nitrogens with one attached hydrogen (secondary N) is 1. The summed E-state index contributed by atoms with van der Waals surface area (Å²) in [5.41, 5.74) is 1.42. The van der Waals surface area contributed by atoms with E-state index in [4.69, 9.17) is 0 Å². The van der Waals surface area contributed by atoms with Gasteiger partial charge in [-0.1, -0.05) is 49.6 Å². The molecule has 1 aromatic rings. The molecule has 0 spiro atoms. The van der Waals surface area contributed by atoms with Crippen LogP contribution in [0.4, 0.5) is 4.79 Å². The first-order valence-corrected chi connectivity index (χ1v) is 11.8. The molecule has 0 atom stereocenters. The Kier molecular flexibility index (Phi) is 7.44. The van der Waals surface area contributed by atoms with Crippen molar-refractivity contribution in [2.24, 2.45) is 5.92 Å². The summed E-state index contributed by atoms with van der Waals surface area (Å²) in [6.45, 7) is 8.81. The number of piperidine rings is 1. The number of hydrogen-bond acceptors (Lipinski definition) is 3. The normalized spacial score (nSPS) is 23.2. The third kappa shape index (κ3) is 6.19. The molecule has 0 radical (unpaired) electrons. The Morgan fingerprint density at radius 3 is 2.17 bits per heavy atom. The van der Waals surface area contributed by atoms with E-state index in [0.717, 1.165) is 51.5 Å². The molecule has 5 nitrogen and oxygen atoms in total. The fraction of sp³-hybridized carbons (Fsp3) is 0.708. The molecule has 1 N–H and O–H groups in total. The highest BCUT2D eigenvalue weighted by atomic mass is 16.2. The molecule has 4 rings (SSSR count). The summed E-state index contributed by atoms with van der Waals surface area (Å²) in [4.78, 5) is 19.8. The van der Waals surface area contributed by atoms with Crippen LogP contribution < -0.4 is 5.32 Å². The van der Waals surface area contributed by atoms with Crippen LogP contribution in [0.2, 0.25) is 0 Å². The first-order valence-electron chi connectivity index (χ1n) is 11.8. The van der Waals surface area contributed by atoms with Crippen LogP contribution in [0.15, 0.2) is 30.3 Å². The van der Waals surface area contributed by atoms with Crippen molar-refractivity contribution < 1.29 is 4.79 Å². The zero-order valence-electron chi connectivity index (χ0n) is 17.9. The number of piperazine rings is 1. The van der Waals surface area contributed by atoms with E-state index in [-0.39, 0.29) is 6.03 Å². The molecular formula is C24H38N4O. The van der Waals surface area contributed by atoms with E-state index in [0.29, 0.717) is 6.04 Å². The molecule has 1 aliphatic carbocycles. The van der Waals surface area contributed by atoms with Crippen LogP contribution in [-0.2, 0) is 6.54 Å². The van der Waals surface area contributed by atoms with Gasteiger partial charge >= 0.3 is 6.03 Å². The maximum atomic E-state index is 12.5. The van der Waals surface area contributed by atoms with E-state index >= 15 is 0 Å². The highest BCUT2D eigenvalue weighted by Gasteiger charge is 2.27. The summed E-state index contributed by atoms with van der Waals surface area (Å²) >= 11 is 0. The van der Waals surface area contributed by atoms with Gasteiger partial charge in [0.15, 0.2) is 0 Å². The predicted octanol–water partition coefficient (Wildman–Crippen LogP) is 3.56. The van der Waals surface area contributed by atoms with Crippen molar-refractivity contribution in [1.82, 2.24) is 20.0 Å². The molecule has 0 unspecified atom stereocenters. The first kappa shape index (κ1) is 20.7. The first-order chi connectivity index (χ1) is 14.3. The number of likely N-dealkylation sites (tertiary alicyclic amines) is 1. The smallest absolute Gasteiger partial charge is 0.317 e. The minimum Gasteiger partial charge on any atom is -0.335 e. The van der Waals surface area contributed by atoms with Crippen LogP contribution in [0.25, 0.3) is 0 Å². The average Bonchev–Trinajstić information content (AvgIpc) is 2.77. The van der Waals surface area contributed by atoms with E-state index in [9.17, 15) is 4.79 Å². The Labute approximate surface area is 176 Å². The second kappa shape index (κ2) is 10.4. The minimum absolute atomic E-state index is 0.185. The van der Waals surface area contributed by atoms with Gasteiger partial charge in [0.05, 0.1) is 0 Å². The lowest BCUT2D eigenvalue weighted by atomic mass is 9.95. The van der Waals surface area contributed by atoms with Gasteiger partial charge in [-0.15, -0.1) is 0 Å². The summed E-state index contributed by atoms with van der Waals surface area (Å²) in [5, 5.41) is 3.28. The minimum atomic E-state index is 0.185. The Morgan fingerprint density at radius 2 is 1.48 bits per heavy atom. The van der Waals surface area contributed by atoms with Crippen LogP contribution in [0, 0.1) is 5.92 Å². The number of rotatable bonds is 5. The standard InChI is InChI=1S/C24H38N4O/c29-24(25-23-9-5-2-6-10-23)28-13-11-22(12-14-28)20-27-17-15-26(16-18-27)19-21-7-3-1-4-8-21/h1,3-4,7-8,22-23H,2,5-6,9-20H2,(H,25,29). The molecule has 5 heteroatoms. The van der Waals surface area contributed by atoms with E-state index in [1.54, 1.807) is 0 Å². The molecule has 2 aliphatic heterocycles. The Bertz CT molecular complexity index is 615. The number of carbonyl (C=O) groups is 1. The molecule has 29 heavy (non-hydrogen) atoms. The van der Waals surface area contributed by atoms with E-state index < -0.39 is 0 Å². The predicted molar refractivity (Wildman–Crippen MR) is 118 cm³/mol. The Morgan fingerprint density at radius 1 is 0.828 bits per heavy atom. The molecule has 3 fully saturated rings. The van der Waals surface area contributed by atoms with Crippen molar-refractivity contribution in [2.75, 3.05) is 45.8 Å². The lowest BCUT2D eigenvalue weighted by Gasteiger charge is -2.39. The van der Waals surface area contributed by atoms with Crippen LogP contribution >= 0.6 is 0 Å². The number of nitrogens with zero attached hydrogens (tertiary/aromatic N) is 3. The van der Waals surface area contributed by atoms with Gasteiger partial charge in [-0.05, 0) is 37.2 Å². The second-order valence-electron chi connectivity index (χ2n) is 9.28. The monoisotopic (exact) mass is 398 g/mol. The zero-order chi connectivity index (χ0) is 19.9. The zero-order valence-corrected chi connectivity index (χ0v) is 17.9. The van der Waals surface area contributed by atoms with Gasteiger partial charge in [-0.3, -0.25) is 4.90 Å².